The van der Waals surface area contributed by atoms with Crippen molar-refractivity contribution in [2.24, 2.45) is 11.1 Å². The zero-order valence-corrected chi connectivity index (χ0v) is 12.0. The minimum Gasteiger partial charge on any atom is -0.494 e. The first-order chi connectivity index (χ1) is 8.96. The second-order valence-electron chi connectivity index (χ2n) is 5.40. The SMILES string of the molecule is CCOc1ccc(CNC(=O)CC(C)(C)CN)cc1. The molecule has 3 N–H and O–H groups in total. The first kappa shape index (κ1) is 15.5. The minimum absolute atomic E-state index is 0.0318. The highest BCUT2D eigenvalue weighted by Crippen LogP contribution is 2.18. The standard InChI is InChI=1S/C15H24N2O2/c1-4-19-13-7-5-12(6-8-13)10-17-14(18)9-15(2,3)11-16/h5-8H,4,9-11,16H2,1-3H3,(H,17,18). The van der Waals surface area contributed by atoms with E-state index in [9.17, 15) is 4.79 Å². The van der Waals surface area contributed by atoms with Gasteiger partial charge >= 0.3 is 0 Å². The van der Waals surface area contributed by atoms with Crippen LogP contribution in [0, 0.1) is 5.41 Å². The molecular weight excluding hydrogens is 240 g/mol. The Labute approximate surface area is 115 Å². The summed E-state index contributed by atoms with van der Waals surface area (Å²) in [4.78, 5) is 11.8. The van der Waals surface area contributed by atoms with Crippen molar-refractivity contribution < 1.29 is 9.53 Å². The third kappa shape index (κ3) is 5.75. The summed E-state index contributed by atoms with van der Waals surface area (Å²) in [5.41, 5.74) is 6.52. The highest BCUT2D eigenvalue weighted by atomic mass is 16.5. The molecule has 0 radical (unpaired) electrons. The van der Waals surface area contributed by atoms with E-state index in [4.69, 9.17) is 10.5 Å². The Morgan fingerprint density at radius 1 is 1.32 bits per heavy atom. The average Bonchev–Trinajstić information content (AvgIpc) is 2.38. The quantitative estimate of drug-likeness (QED) is 0.792. The summed E-state index contributed by atoms with van der Waals surface area (Å²) in [6, 6.07) is 7.74. The van der Waals surface area contributed by atoms with E-state index in [0.717, 1.165) is 11.3 Å². The summed E-state index contributed by atoms with van der Waals surface area (Å²) in [5, 5.41) is 2.91. The molecular formula is C15H24N2O2. The van der Waals surface area contributed by atoms with Crippen molar-refractivity contribution in [1.82, 2.24) is 5.32 Å². The first-order valence-corrected chi connectivity index (χ1v) is 6.65. The molecule has 4 nitrogen and oxygen atoms in total. The Bertz CT molecular complexity index is 399. The molecule has 1 amide bonds. The van der Waals surface area contributed by atoms with Crippen molar-refractivity contribution in [3.8, 4) is 5.75 Å². The zero-order chi connectivity index (χ0) is 14.3. The molecule has 0 heterocycles. The van der Waals surface area contributed by atoms with Gasteiger partial charge in [-0.25, -0.2) is 0 Å². The summed E-state index contributed by atoms with van der Waals surface area (Å²) in [6.07, 6.45) is 0.445. The summed E-state index contributed by atoms with van der Waals surface area (Å²) in [6.45, 7) is 7.62. The van der Waals surface area contributed by atoms with E-state index >= 15 is 0 Å². The fourth-order valence-corrected chi connectivity index (χ4v) is 1.64. The van der Waals surface area contributed by atoms with E-state index in [1.54, 1.807) is 0 Å². The molecule has 0 atom stereocenters. The first-order valence-electron chi connectivity index (χ1n) is 6.65. The molecule has 0 aliphatic heterocycles. The average molecular weight is 264 g/mol. The number of benzene rings is 1. The molecule has 0 spiro atoms. The normalized spacial score (nSPS) is 11.2. The number of hydrogen-bond acceptors (Lipinski definition) is 3. The van der Waals surface area contributed by atoms with Crippen LogP contribution >= 0.6 is 0 Å². The van der Waals surface area contributed by atoms with Gasteiger partial charge in [0.05, 0.1) is 6.61 Å². The van der Waals surface area contributed by atoms with Crippen LogP contribution in [0.15, 0.2) is 24.3 Å². The van der Waals surface area contributed by atoms with E-state index in [1.807, 2.05) is 45.0 Å². The van der Waals surface area contributed by atoms with E-state index in [-0.39, 0.29) is 11.3 Å². The lowest BCUT2D eigenvalue weighted by molar-refractivity contribution is -0.123. The number of hydrogen-bond donors (Lipinski definition) is 2. The van der Waals surface area contributed by atoms with Gasteiger partial charge in [0.15, 0.2) is 0 Å². The fraction of sp³-hybridized carbons (Fsp3) is 0.533. The molecule has 1 rings (SSSR count). The van der Waals surface area contributed by atoms with Crippen LogP contribution in [0.4, 0.5) is 0 Å². The van der Waals surface area contributed by atoms with Gasteiger partial charge in [0.1, 0.15) is 5.75 Å². The maximum atomic E-state index is 11.8. The maximum absolute atomic E-state index is 11.8. The molecule has 0 saturated heterocycles. The van der Waals surface area contributed by atoms with Crippen LogP contribution < -0.4 is 15.8 Å². The Hall–Kier alpha value is -1.55. The molecule has 0 unspecified atom stereocenters. The molecule has 0 aliphatic carbocycles. The topological polar surface area (TPSA) is 64.3 Å². The molecule has 0 saturated carbocycles. The van der Waals surface area contributed by atoms with Crippen LogP contribution in [0.25, 0.3) is 0 Å². The molecule has 19 heavy (non-hydrogen) atoms. The van der Waals surface area contributed by atoms with Crippen molar-refractivity contribution >= 4 is 5.91 Å². The van der Waals surface area contributed by atoms with Crippen molar-refractivity contribution in [1.29, 1.82) is 0 Å². The lowest BCUT2D eigenvalue weighted by atomic mass is 9.89. The van der Waals surface area contributed by atoms with Gasteiger partial charge in [0.25, 0.3) is 0 Å². The van der Waals surface area contributed by atoms with Gasteiger partial charge in [0.2, 0.25) is 5.91 Å². The molecule has 0 bridgehead atoms. The number of carbonyl (C=O) groups is 1. The van der Waals surface area contributed by atoms with Crippen molar-refractivity contribution in [2.45, 2.75) is 33.7 Å². The molecule has 1 aromatic rings. The van der Waals surface area contributed by atoms with Gasteiger partial charge in [0, 0.05) is 13.0 Å². The molecule has 0 aromatic heterocycles. The van der Waals surface area contributed by atoms with Crippen molar-refractivity contribution in [3.63, 3.8) is 0 Å². The number of ether oxygens (including phenoxy) is 1. The fourth-order valence-electron chi connectivity index (χ4n) is 1.64. The minimum atomic E-state index is -0.150. The van der Waals surface area contributed by atoms with Gasteiger partial charge in [-0.2, -0.15) is 0 Å². The second kappa shape index (κ2) is 7.14. The number of nitrogens with one attached hydrogen (secondary N) is 1. The maximum Gasteiger partial charge on any atom is 0.220 e. The predicted molar refractivity (Wildman–Crippen MR) is 76.9 cm³/mol. The number of nitrogens with two attached hydrogens (primary N) is 1. The van der Waals surface area contributed by atoms with Crippen LogP contribution in [0.2, 0.25) is 0 Å². The third-order valence-electron chi connectivity index (χ3n) is 2.92. The molecule has 0 fully saturated rings. The lowest BCUT2D eigenvalue weighted by Gasteiger charge is -2.21. The summed E-state index contributed by atoms with van der Waals surface area (Å²) in [7, 11) is 0. The van der Waals surface area contributed by atoms with Crippen LogP contribution in [-0.4, -0.2) is 19.1 Å². The zero-order valence-electron chi connectivity index (χ0n) is 12.0. The summed E-state index contributed by atoms with van der Waals surface area (Å²) < 4.78 is 5.37. The third-order valence-corrected chi connectivity index (χ3v) is 2.92. The Balaban J connectivity index is 2.42. The Morgan fingerprint density at radius 2 is 1.95 bits per heavy atom. The van der Waals surface area contributed by atoms with Gasteiger partial charge in [-0.05, 0) is 36.6 Å². The van der Waals surface area contributed by atoms with Gasteiger partial charge < -0.3 is 15.8 Å². The van der Waals surface area contributed by atoms with E-state index in [1.165, 1.54) is 0 Å². The predicted octanol–water partition coefficient (Wildman–Crippen LogP) is 2.08. The van der Waals surface area contributed by atoms with Crippen LogP contribution in [0.1, 0.15) is 32.8 Å². The Kier molecular flexibility index (Phi) is 5.83. The molecule has 4 heteroatoms. The van der Waals surface area contributed by atoms with Crippen LogP contribution in [0.3, 0.4) is 0 Å². The van der Waals surface area contributed by atoms with Gasteiger partial charge in [-0.1, -0.05) is 26.0 Å². The number of amides is 1. The molecule has 1 aromatic carbocycles. The van der Waals surface area contributed by atoms with Crippen molar-refractivity contribution in [3.05, 3.63) is 29.8 Å². The number of carbonyl (C=O) groups excluding carboxylic acids is 1. The molecule has 106 valence electrons. The van der Waals surface area contributed by atoms with E-state index in [0.29, 0.717) is 26.1 Å². The number of rotatable bonds is 7. The summed E-state index contributed by atoms with van der Waals surface area (Å²) >= 11 is 0. The summed E-state index contributed by atoms with van der Waals surface area (Å²) in [5.74, 6) is 0.881. The van der Waals surface area contributed by atoms with Crippen LogP contribution in [0.5, 0.6) is 5.75 Å². The lowest BCUT2D eigenvalue weighted by Crippen LogP contribution is -2.32. The van der Waals surface area contributed by atoms with E-state index < -0.39 is 0 Å². The van der Waals surface area contributed by atoms with Gasteiger partial charge in [-0.3, -0.25) is 4.79 Å². The largest absolute Gasteiger partial charge is 0.494 e. The van der Waals surface area contributed by atoms with Gasteiger partial charge in [-0.15, -0.1) is 0 Å². The monoisotopic (exact) mass is 264 g/mol. The molecule has 0 aliphatic rings. The highest BCUT2D eigenvalue weighted by Gasteiger charge is 2.19. The van der Waals surface area contributed by atoms with E-state index in [2.05, 4.69) is 5.32 Å². The Morgan fingerprint density at radius 3 is 2.47 bits per heavy atom. The highest BCUT2D eigenvalue weighted by molar-refractivity contribution is 5.76. The van der Waals surface area contributed by atoms with Crippen molar-refractivity contribution in [2.75, 3.05) is 13.2 Å². The smallest absolute Gasteiger partial charge is 0.220 e. The second-order valence-corrected chi connectivity index (χ2v) is 5.40. The van der Waals surface area contributed by atoms with Crippen LogP contribution in [-0.2, 0) is 11.3 Å².